The van der Waals surface area contributed by atoms with Crippen LogP contribution in [0.4, 0.5) is 5.69 Å². The first-order chi connectivity index (χ1) is 8.36. The lowest BCUT2D eigenvalue weighted by Crippen LogP contribution is -2.36. The van der Waals surface area contributed by atoms with Crippen LogP contribution in [0.2, 0.25) is 0 Å². The third kappa shape index (κ3) is 4.02. The molecule has 0 heterocycles. The maximum Gasteiger partial charge on any atom is 0.129 e. The number of anilines is 1. The topological polar surface area (TPSA) is 32.3 Å². The summed E-state index contributed by atoms with van der Waals surface area (Å²) in [5.41, 5.74) is 3.35. The average molecular weight is 249 g/mol. The molecular weight excluding hydrogens is 222 g/mol. The van der Waals surface area contributed by atoms with E-state index in [4.69, 9.17) is 0 Å². The average Bonchev–Trinajstić information content (AvgIpc) is 2.30. The van der Waals surface area contributed by atoms with Gasteiger partial charge in [0, 0.05) is 11.1 Å². The first-order valence-corrected chi connectivity index (χ1v) is 6.88. The minimum absolute atomic E-state index is 0.104. The van der Waals surface area contributed by atoms with Crippen LogP contribution in [-0.4, -0.2) is 11.3 Å². The second-order valence-electron chi connectivity index (χ2n) is 5.96. The molecule has 1 atom stereocenters. The van der Waals surface area contributed by atoms with Crippen LogP contribution in [0.3, 0.4) is 0 Å². The van der Waals surface area contributed by atoms with Gasteiger partial charge in [-0.05, 0) is 31.9 Å². The second-order valence-corrected chi connectivity index (χ2v) is 5.96. The molecule has 0 fully saturated rings. The van der Waals surface area contributed by atoms with Gasteiger partial charge in [-0.1, -0.05) is 51.3 Å². The zero-order valence-electron chi connectivity index (χ0n) is 12.4. The molecule has 2 nitrogen and oxygen atoms in total. The number of aliphatic hydroxyl groups excluding tert-OH is 1. The molecule has 2 N–H and O–H groups in total. The van der Waals surface area contributed by atoms with Crippen LogP contribution in [0.25, 0.3) is 0 Å². The lowest BCUT2D eigenvalue weighted by Gasteiger charge is -2.32. The molecule has 102 valence electrons. The fourth-order valence-corrected chi connectivity index (χ4v) is 2.09. The molecule has 1 rings (SSSR count). The third-order valence-corrected chi connectivity index (χ3v) is 3.59. The molecule has 2 heteroatoms. The number of rotatable bonds is 6. The Morgan fingerprint density at radius 3 is 2.50 bits per heavy atom. The van der Waals surface area contributed by atoms with Gasteiger partial charge in [0.25, 0.3) is 0 Å². The molecule has 0 spiro atoms. The van der Waals surface area contributed by atoms with E-state index in [0.717, 1.165) is 18.5 Å². The van der Waals surface area contributed by atoms with Crippen molar-refractivity contribution in [3.05, 3.63) is 29.3 Å². The van der Waals surface area contributed by atoms with Gasteiger partial charge in [-0.15, -0.1) is 0 Å². The normalized spacial score (nSPS) is 13.4. The number of unbranched alkanes of at least 4 members (excludes halogenated alkanes) is 1. The van der Waals surface area contributed by atoms with Gasteiger partial charge in [-0.25, -0.2) is 0 Å². The molecule has 18 heavy (non-hydrogen) atoms. The number of aryl methyl sites for hydroxylation is 2. The van der Waals surface area contributed by atoms with Crippen molar-refractivity contribution >= 4 is 5.69 Å². The Labute approximate surface area is 111 Å². The van der Waals surface area contributed by atoms with Crippen molar-refractivity contribution in [2.24, 2.45) is 5.41 Å². The molecule has 1 aromatic rings. The highest BCUT2D eigenvalue weighted by Gasteiger charge is 2.27. The summed E-state index contributed by atoms with van der Waals surface area (Å²) in [6.07, 6.45) is 2.84. The van der Waals surface area contributed by atoms with Crippen LogP contribution >= 0.6 is 0 Å². The lowest BCUT2D eigenvalue weighted by molar-refractivity contribution is 0.0655. The van der Waals surface area contributed by atoms with Crippen LogP contribution in [-0.2, 0) is 0 Å². The van der Waals surface area contributed by atoms with Gasteiger partial charge in [0.05, 0.1) is 0 Å². The van der Waals surface area contributed by atoms with Crippen LogP contribution in [0.5, 0.6) is 0 Å². The van der Waals surface area contributed by atoms with Crippen molar-refractivity contribution in [1.82, 2.24) is 0 Å². The predicted octanol–water partition coefficient (Wildman–Crippen LogP) is 4.25. The number of hydrogen-bond donors (Lipinski definition) is 2. The van der Waals surface area contributed by atoms with Crippen LogP contribution in [0.15, 0.2) is 18.2 Å². The van der Waals surface area contributed by atoms with Crippen molar-refractivity contribution in [3.8, 4) is 0 Å². The zero-order valence-corrected chi connectivity index (χ0v) is 12.4. The fraction of sp³-hybridized carbons (Fsp3) is 0.625. The van der Waals surface area contributed by atoms with E-state index in [-0.39, 0.29) is 5.41 Å². The molecular formula is C16H27NO. The van der Waals surface area contributed by atoms with E-state index < -0.39 is 6.23 Å². The molecule has 0 saturated carbocycles. The largest absolute Gasteiger partial charge is 0.373 e. The monoisotopic (exact) mass is 249 g/mol. The first-order valence-electron chi connectivity index (χ1n) is 6.88. The molecule has 1 aromatic carbocycles. The summed E-state index contributed by atoms with van der Waals surface area (Å²) in [5, 5.41) is 13.6. The summed E-state index contributed by atoms with van der Waals surface area (Å²) in [6.45, 7) is 10.6. The Kier molecular flexibility index (Phi) is 5.21. The van der Waals surface area contributed by atoms with Crippen LogP contribution < -0.4 is 5.32 Å². The SMILES string of the molecule is CCCCC(C)(C)C(O)Nc1ccc(C)cc1C. The number of hydrogen-bond acceptors (Lipinski definition) is 2. The Morgan fingerprint density at radius 2 is 1.94 bits per heavy atom. The molecule has 0 aliphatic carbocycles. The smallest absolute Gasteiger partial charge is 0.129 e. The number of nitrogens with one attached hydrogen (secondary N) is 1. The molecule has 0 aromatic heterocycles. The molecule has 0 radical (unpaired) electrons. The highest BCUT2D eigenvalue weighted by molar-refractivity contribution is 5.52. The lowest BCUT2D eigenvalue weighted by atomic mass is 9.85. The van der Waals surface area contributed by atoms with E-state index >= 15 is 0 Å². The number of aliphatic hydroxyl groups is 1. The fourth-order valence-electron chi connectivity index (χ4n) is 2.09. The van der Waals surface area contributed by atoms with Gasteiger partial charge in [-0.3, -0.25) is 0 Å². The van der Waals surface area contributed by atoms with Gasteiger partial charge in [0.15, 0.2) is 0 Å². The first kappa shape index (κ1) is 15.0. The van der Waals surface area contributed by atoms with Gasteiger partial charge in [-0.2, -0.15) is 0 Å². The molecule has 0 aliphatic heterocycles. The standard InChI is InChI=1S/C16H27NO/c1-6-7-10-16(4,5)15(18)17-14-9-8-12(2)11-13(14)3/h8-9,11,15,17-18H,6-7,10H2,1-5H3. The maximum absolute atomic E-state index is 10.3. The molecule has 0 saturated heterocycles. The highest BCUT2D eigenvalue weighted by Crippen LogP contribution is 2.29. The van der Waals surface area contributed by atoms with E-state index in [1.807, 2.05) is 6.07 Å². The molecule has 0 amide bonds. The summed E-state index contributed by atoms with van der Waals surface area (Å²) in [6, 6.07) is 6.25. The van der Waals surface area contributed by atoms with Crippen molar-refractivity contribution in [2.45, 2.75) is 60.1 Å². The second kappa shape index (κ2) is 6.24. The van der Waals surface area contributed by atoms with Crippen molar-refractivity contribution in [1.29, 1.82) is 0 Å². The molecule has 0 aliphatic rings. The third-order valence-electron chi connectivity index (χ3n) is 3.59. The summed E-state index contributed by atoms with van der Waals surface area (Å²) in [7, 11) is 0. The van der Waals surface area contributed by atoms with Crippen LogP contribution in [0, 0.1) is 19.3 Å². The van der Waals surface area contributed by atoms with Gasteiger partial charge >= 0.3 is 0 Å². The zero-order chi connectivity index (χ0) is 13.8. The molecule has 1 unspecified atom stereocenters. The Bertz CT molecular complexity index is 385. The van der Waals surface area contributed by atoms with Gasteiger partial charge in [0.1, 0.15) is 6.23 Å². The maximum atomic E-state index is 10.3. The number of benzene rings is 1. The van der Waals surface area contributed by atoms with E-state index in [9.17, 15) is 5.11 Å². The molecule has 0 bridgehead atoms. The van der Waals surface area contributed by atoms with E-state index in [0.29, 0.717) is 0 Å². The summed E-state index contributed by atoms with van der Waals surface area (Å²) in [5.74, 6) is 0. The summed E-state index contributed by atoms with van der Waals surface area (Å²) >= 11 is 0. The summed E-state index contributed by atoms with van der Waals surface area (Å²) in [4.78, 5) is 0. The summed E-state index contributed by atoms with van der Waals surface area (Å²) < 4.78 is 0. The quantitative estimate of drug-likeness (QED) is 0.739. The minimum Gasteiger partial charge on any atom is -0.373 e. The van der Waals surface area contributed by atoms with Gasteiger partial charge < -0.3 is 10.4 Å². The highest BCUT2D eigenvalue weighted by atomic mass is 16.3. The van der Waals surface area contributed by atoms with E-state index in [1.165, 1.54) is 17.5 Å². The Balaban J connectivity index is 2.71. The minimum atomic E-state index is -0.509. The van der Waals surface area contributed by atoms with Gasteiger partial charge in [0.2, 0.25) is 0 Å². The van der Waals surface area contributed by atoms with Crippen molar-refractivity contribution < 1.29 is 5.11 Å². The van der Waals surface area contributed by atoms with Crippen molar-refractivity contribution in [2.75, 3.05) is 5.32 Å². The van der Waals surface area contributed by atoms with E-state index in [1.54, 1.807) is 0 Å². The predicted molar refractivity (Wildman–Crippen MR) is 78.9 cm³/mol. The van der Waals surface area contributed by atoms with Crippen molar-refractivity contribution in [3.63, 3.8) is 0 Å². The Hall–Kier alpha value is -1.02. The van der Waals surface area contributed by atoms with Crippen LogP contribution in [0.1, 0.15) is 51.2 Å². The Morgan fingerprint density at radius 1 is 1.28 bits per heavy atom. The van der Waals surface area contributed by atoms with E-state index in [2.05, 4.69) is 52.1 Å².